The number of fused-ring (bicyclic) bond motifs is 2. The van der Waals surface area contributed by atoms with Crippen molar-refractivity contribution in [1.29, 1.82) is 0 Å². The average molecular weight is 465 g/mol. The van der Waals surface area contributed by atoms with Crippen LogP contribution in [-0.4, -0.2) is 47.7 Å². The Labute approximate surface area is 195 Å². The van der Waals surface area contributed by atoms with Crippen LogP contribution in [0.15, 0.2) is 71.7 Å². The van der Waals surface area contributed by atoms with E-state index in [2.05, 4.69) is 4.90 Å². The number of hydrogen-bond donors (Lipinski definition) is 0. The maximum atomic E-state index is 12.9. The molecule has 0 N–H and O–H groups in total. The van der Waals surface area contributed by atoms with Crippen LogP contribution in [0.25, 0.3) is 0 Å². The fourth-order valence-electron chi connectivity index (χ4n) is 4.18. The summed E-state index contributed by atoms with van der Waals surface area (Å²) in [5.74, 6) is 1.91. The lowest BCUT2D eigenvalue weighted by molar-refractivity contribution is -0.137. The molecule has 0 aromatic heterocycles. The highest BCUT2D eigenvalue weighted by Crippen LogP contribution is 2.38. The average Bonchev–Trinajstić information content (AvgIpc) is 2.99. The molecule has 3 aromatic rings. The van der Waals surface area contributed by atoms with Gasteiger partial charge >= 0.3 is 6.18 Å². The van der Waals surface area contributed by atoms with E-state index < -0.39 is 11.7 Å². The molecule has 1 fully saturated rings. The Bertz CT molecular complexity index is 1260. The first-order valence-electron chi connectivity index (χ1n) is 11.0. The van der Waals surface area contributed by atoms with Gasteiger partial charge in [0.25, 0.3) is 5.91 Å². The van der Waals surface area contributed by atoms with Crippen LogP contribution >= 0.6 is 0 Å². The molecule has 1 amide bonds. The molecule has 2 aliphatic heterocycles. The van der Waals surface area contributed by atoms with Crippen LogP contribution in [0.1, 0.15) is 27.0 Å². The standard InChI is InChI=1S/C26H22F3N3O2/c1-17-6-11-21-23(16-17)34-22-5-3-2-4-20(22)24(30-21)31-12-14-32(15-13-31)25(33)18-7-9-19(10-8-18)26(27,28)29/h2-11,16H,12-15H2,1H3. The zero-order valence-electron chi connectivity index (χ0n) is 18.5. The van der Waals surface area contributed by atoms with Crippen LogP contribution in [0.5, 0.6) is 11.5 Å². The van der Waals surface area contributed by atoms with E-state index in [1.165, 1.54) is 12.1 Å². The fourth-order valence-corrected chi connectivity index (χ4v) is 4.18. The molecule has 2 heterocycles. The summed E-state index contributed by atoms with van der Waals surface area (Å²) in [7, 11) is 0. The summed E-state index contributed by atoms with van der Waals surface area (Å²) < 4.78 is 44.6. The second-order valence-electron chi connectivity index (χ2n) is 8.36. The van der Waals surface area contributed by atoms with Crippen molar-refractivity contribution < 1.29 is 22.7 Å². The number of rotatable bonds is 1. The van der Waals surface area contributed by atoms with Gasteiger partial charge in [-0.05, 0) is 61.0 Å². The fraction of sp³-hybridized carbons (Fsp3) is 0.231. The Morgan fingerprint density at radius 1 is 0.912 bits per heavy atom. The summed E-state index contributed by atoms with van der Waals surface area (Å²) >= 11 is 0. The number of alkyl halides is 3. The molecule has 0 unspecified atom stereocenters. The van der Waals surface area contributed by atoms with Crippen molar-refractivity contribution in [2.24, 2.45) is 4.99 Å². The summed E-state index contributed by atoms with van der Waals surface area (Å²) in [6.45, 7) is 3.95. The zero-order valence-corrected chi connectivity index (χ0v) is 18.5. The van der Waals surface area contributed by atoms with Crippen LogP contribution in [0.3, 0.4) is 0 Å². The number of hydrogen-bond acceptors (Lipinski definition) is 4. The number of para-hydroxylation sites is 1. The lowest BCUT2D eigenvalue weighted by Gasteiger charge is -2.36. The lowest BCUT2D eigenvalue weighted by Crippen LogP contribution is -2.50. The predicted octanol–water partition coefficient (Wildman–Crippen LogP) is 5.66. The minimum atomic E-state index is -4.43. The van der Waals surface area contributed by atoms with Gasteiger partial charge in [-0.1, -0.05) is 18.2 Å². The van der Waals surface area contributed by atoms with Gasteiger partial charge in [-0.15, -0.1) is 0 Å². The van der Waals surface area contributed by atoms with Crippen molar-refractivity contribution >= 4 is 17.4 Å². The van der Waals surface area contributed by atoms with E-state index in [-0.39, 0.29) is 11.5 Å². The van der Waals surface area contributed by atoms with E-state index in [4.69, 9.17) is 9.73 Å². The Kier molecular flexibility index (Phi) is 5.51. The first-order chi connectivity index (χ1) is 16.3. The Hall–Kier alpha value is -3.81. The number of halogens is 3. The van der Waals surface area contributed by atoms with Crippen molar-refractivity contribution in [2.75, 3.05) is 26.2 Å². The minimum absolute atomic E-state index is 0.247. The van der Waals surface area contributed by atoms with Crippen molar-refractivity contribution in [3.8, 4) is 11.5 Å². The van der Waals surface area contributed by atoms with E-state index in [1.807, 2.05) is 49.4 Å². The van der Waals surface area contributed by atoms with Crippen LogP contribution in [0.2, 0.25) is 0 Å². The molecule has 34 heavy (non-hydrogen) atoms. The smallest absolute Gasteiger partial charge is 0.416 e. The highest BCUT2D eigenvalue weighted by molar-refractivity contribution is 6.04. The molecule has 8 heteroatoms. The molecule has 0 radical (unpaired) electrons. The quantitative estimate of drug-likeness (QED) is 0.466. The van der Waals surface area contributed by atoms with Crippen molar-refractivity contribution in [2.45, 2.75) is 13.1 Å². The second-order valence-corrected chi connectivity index (χ2v) is 8.36. The molecule has 174 valence electrons. The molecular formula is C26H22F3N3O2. The summed E-state index contributed by atoms with van der Waals surface area (Å²) in [6, 6.07) is 18.0. The number of nitrogens with zero attached hydrogens (tertiary/aromatic N) is 3. The molecule has 0 aliphatic carbocycles. The van der Waals surface area contributed by atoms with Gasteiger partial charge in [-0.3, -0.25) is 4.79 Å². The third kappa shape index (κ3) is 4.23. The number of aryl methyl sites for hydroxylation is 1. The molecule has 2 aliphatic rings. The summed E-state index contributed by atoms with van der Waals surface area (Å²) in [5, 5.41) is 0. The maximum absolute atomic E-state index is 12.9. The van der Waals surface area contributed by atoms with Gasteiger partial charge in [0, 0.05) is 31.7 Å². The number of aliphatic imine (C=N–C) groups is 1. The molecule has 5 nitrogen and oxygen atoms in total. The van der Waals surface area contributed by atoms with Gasteiger partial charge in [0.2, 0.25) is 0 Å². The SMILES string of the molecule is Cc1ccc2c(c1)Oc1ccccc1C(N1CCN(C(=O)c3ccc(C(F)(F)F)cc3)CC1)=N2. The van der Waals surface area contributed by atoms with E-state index in [9.17, 15) is 18.0 Å². The van der Waals surface area contributed by atoms with Gasteiger partial charge in [-0.2, -0.15) is 13.2 Å². The van der Waals surface area contributed by atoms with E-state index in [1.54, 1.807) is 4.90 Å². The molecule has 3 aromatic carbocycles. The van der Waals surface area contributed by atoms with E-state index in [0.29, 0.717) is 37.7 Å². The Morgan fingerprint density at radius 3 is 2.32 bits per heavy atom. The second kappa shape index (κ2) is 8.52. The van der Waals surface area contributed by atoms with Crippen LogP contribution in [-0.2, 0) is 6.18 Å². The summed E-state index contributed by atoms with van der Waals surface area (Å²) in [4.78, 5) is 21.6. The summed E-state index contributed by atoms with van der Waals surface area (Å²) in [6.07, 6.45) is -4.43. The molecule has 0 atom stereocenters. The molecular weight excluding hydrogens is 443 g/mol. The first kappa shape index (κ1) is 22.0. The topological polar surface area (TPSA) is 45.1 Å². The monoisotopic (exact) mass is 465 g/mol. The summed E-state index contributed by atoms with van der Waals surface area (Å²) in [5.41, 5.74) is 2.16. The van der Waals surface area contributed by atoms with Crippen LogP contribution in [0.4, 0.5) is 18.9 Å². The first-order valence-corrected chi connectivity index (χ1v) is 11.0. The predicted molar refractivity (Wildman–Crippen MR) is 123 cm³/mol. The minimum Gasteiger partial charge on any atom is -0.454 e. The lowest BCUT2D eigenvalue weighted by atomic mass is 10.1. The number of ether oxygens (including phenoxy) is 1. The number of amides is 1. The Balaban J connectivity index is 1.36. The van der Waals surface area contributed by atoms with Crippen molar-refractivity contribution in [3.05, 3.63) is 89.0 Å². The number of carbonyl (C=O) groups excluding carboxylic acids is 1. The van der Waals surface area contributed by atoms with Gasteiger partial charge < -0.3 is 14.5 Å². The number of amidine groups is 1. The third-order valence-corrected chi connectivity index (χ3v) is 6.02. The molecule has 0 spiro atoms. The van der Waals surface area contributed by atoms with Crippen molar-refractivity contribution in [3.63, 3.8) is 0 Å². The van der Waals surface area contributed by atoms with E-state index in [0.717, 1.165) is 34.8 Å². The highest BCUT2D eigenvalue weighted by atomic mass is 19.4. The number of benzene rings is 3. The molecule has 0 saturated carbocycles. The van der Waals surface area contributed by atoms with Gasteiger partial charge in [0.05, 0.1) is 11.1 Å². The molecule has 0 bridgehead atoms. The normalized spacial score (nSPS) is 15.6. The van der Waals surface area contributed by atoms with Crippen LogP contribution in [0, 0.1) is 6.92 Å². The third-order valence-electron chi connectivity index (χ3n) is 6.02. The highest BCUT2D eigenvalue weighted by Gasteiger charge is 2.31. The zero-order chi connectivity index (χ0) is 23.9. The Morgan fingerprint density at radius 2 is 1.62 bits per heavy atom. The van der Waals surface area contributed by atoms with Gasteiger partial charge in [-0.25, -0.2) is 4.99 Å². The molecule has 1 saturated heterocycles. The van der Waals surface area contributed by atoms with Crippen molar-refractivity contribution in [1.82, 2.24) is 9.80 Å². The van der Waals surface area contributed by atoms with E-state index >= 15 is 0 Å². The largest absolute Gasteiger partial charge is 0.454 e. The van der Waals surface area contributed by atoms with Crippen LogP contribution < -0.4 is 4.74 Å². The maximum Gasteiger partial charge on any atom is 0.416 e. The number of piperazine rings is 1. The number of carbonyl (C=O) groups is 1. The van der Waals surface area contributed by atoms with Gasteiger partial charge in [0.15, 0.2) is 5.75 Å². The molecule has 5 rings (SSSR count). The van der Waals surface area contributed by atoms with Gasteiger partial charge in [0.1, 0.15) is 17.3 Å².